The molecule has 0 amide bonds. The molecule has 1 saturated heterocycles. The van der Waals surface area contributed by atoms with Crippen LogP contribution in [0, 0.1) is 10.1 Å². The van der Waals surface area contributed by atoms with Gasteiger partial charge >= 0.3 is 0 Å². The van der Waals surface area contributed by atoms with Gasteiger partial charge in [-0.2, -0.15) is 0 Å². The van der Waals surface area contributed by atoms with Gasteiger partial charge in [0, 0.05) is 24.7 Å². The van der Waals surface area contributed by atoms with Gasteiger partial charge in [-0.3, -0.25) is 15.0 Å². The number of nitrogens with zero attached hydrogens (tertiary/aromatic N) is 2. The fourth-order valence-electron chi connectivity index (χ4n) is 3.00. The molecule has 2 atom stereocenters. The van der Waals surface area contributed by atoms with Gasteiger partial charge in [0.25, 0.3) is 5.69 Å². The molecule has 0 aliphatic carbocycles. The normalized spacial score (nSPS) is 21.0. The molecular weight excluding hydrogens is 270 g/mol. The third kappa shape index (κ3) is 3.92. The number of non-ortho nitro benzene ring substituents is 1. The minimum atomic E-state index is -0.384. The van der Waals surface area contributed by atoms with E-state index >= 15 is 0 Å². The lowest BCUT2D eigenvalue weighted by Gasteiger charge is -2.38. The van der Waals surface area contributed by atoms with Crippen molar-refractivity contribution in [3.8, 4) is 5.75 Å². The predicted molar refractivity (Wildman–Crippen MR) is 81.3 cm³/mol. The number of rotatable bonds is 5. The molecule has 2 rings (SSSR count). The Morgan fingerprint density at radius 2 is 2.24 bits per heavy atom. The van der Waals surface area contributed by atoms with Crippen LogP contribution in [0.1, 0.15) is 31.7 Å². The van der Waals surface area contributed by atoms with Crippen molar-refractivity contribution in [2.24, 2.45) is 5.73 Å². The average molecular weight is 293 g/mol. The molecule has 1 aliphatic heterocycles. The molecule has 116 valence electrons. The lowest BCUT2D eigenvalue weighted by atomic mass is 9.96. The van der Waals surface area contributed by atoms with Crippen LogP contribution in [0.5, 0.6) is 5.75 Å². The van der Waals surface area contributed by atoms with Crippen molar-refractivity contribution >= 4 is 5.69 Å². The van der Waals surface area contributed by atoms with Gasteiger partial charge in [-0.05, 0) is 37.9 Å². The molecule has 21 heavy (non-hydrogen) atoms. The molecule has 2 N–H and O–H groups in total. The summed E-state index contributed by atoms with van der Waals surface area (Å²) in [7, 11) is 1.52. The zero-order chi connectivity index (χ0) is 15.4. The van der Waals surface area contributed by atoms with E-state index in [1.807, 2.05) is 13.0 Å². The maximum absolute atomic E-state index is 11.0. The first-order valence-corrected chi connectivity index (χ1v) is 7.33. The molecule has 0 radical (unpaired) electrons. The second kappa shape index (κ2) is 6.87. The van der Waals surface area contributed by atoms with Gasteiger partial charge in [0.1, 0.15) is 5.75 Å². The van der Waals surface area contributed by atoms with E-state index in [1.54, 1.807) is 6.07 Å². The van der Waals surface area contributed by atoms with Crippen LogP contribution in [0.2, 0.25) is 0 Å². The highest BCUT2D eigenvalue weighted by Gasteiger charge is 2.25. The zero-order valence-corrected chi connectivity index (χ0v) is 12.6. The first kappa shape index (κ1) is 15.7. The highest BCUT2D eigenvalue weighted by molar-refractivity contribution is 5.42. The molecule has 1 heterocycles. The summed E-state index contributed by atoms with van der Waals surface area (Å²) in [5, 5.41) is 11.0. The molecule has 6 nitrogen and oxygen atoms in total. The number of nitro groups is 1. The second-order valence-electron chi connectivity index (χ2n) is 5.69. The van der Waals surface area contributed by atoms with Crippen molar-refractivity contribution in [2.45, 2.75) is 44.8 Å². The molecule has 0 bridgehead atoms. The Morgan fingerprint density at radius 1 is 1.48 bits per heavy atom. The van der Waals surface area contributed by atoms with Crippen LogP contribution >= 0.6 is 0 Å². The number of nitro benzene ring substituents is 1. The Labute approximate surface area is 125 Å². The summed E-state index contributed by atoms with van der Waals surface area (Å²) in [6, 6.07) is 5.37. The zero-order valence-electron chi connectivity index (χ0n) is 12.6. The van der Waals surface area contributed by atoms with E-state index in [4.69, 9.17) is 10.5 Å². The summed E-state index contributed by atoms with van der Waals surface area (Å²) in [5.41, 5.74) is 7.04. The number of methoxy groups -OCH3 is 1. The van der Waals surface area contributed by atoms with E-state index in [0.717, 1.165) is 24.9 Å². The van der Waals surface area contributed by atoms with E-state index in [-0.39, 0.29) is 16.7 Å². The number of hydrogen-bond acceptors (Lipinski definition) is 5. The van der Waals surface area contributed by atoms with E-state index in [9.17, 15) is 10.1 Å². The monoisotopic (exact) mass is 293 g/mol. The third-order valence-corrected chi connectivity index (χ3v) is 4.05. The Bertz CT molecular complexity index is 505. The Balaban J connectivity index is 2.21. The van der Waals surface area contributed by atoms with Gasteiger partial charge in [-0.25, -0.2) is 0 Å². The molecular formula is C15H23N3O3. The second-order valence-corrected chi connectivity index (χ2v) is 5.69. The highest BCUT2D eigenvalue weighted by Crippen LogP contribution is 2.26. The van der Waals surface area contributed by atoms with Crippen LogP contribution in [0.4, 0.5) is 5.69 Å². The lowest BCUT2D eigenvalue weighted by Crippen LogP contribution is -2.48. The van der Waals surface area contributed by atoms with E-state index in [2.05, 4.69) is 4.90 Å². The largest absolute Gasteiger partial charge is 0.496 e. The molecule has 1 fully saturated rings. The van der Waals surface area contributed by atoms with E-state index in [1.165, 1.54) is 19.6 Å². The summed E-state index contributed by atoms with van der Waals surface area (Å²) in [6.45, 7) is 3.68. The minimum absolute atomic E-state index is 0.0682. The van der Waals surface area contributed by atoms with Crippen LogP contribution in [-0.2, 0) is 6.54 Å². The summed E-state index contributed by atoms with van der Waals surface area (Å²) >= 11 is 0. The maximum atomic E-state index is 11.0. The van der Waals surface area contributed by atoms with Crippen molar-refractivity contribution in [3.05, 3.63) is 33.9 Å². The van der Waals surface area contributed by atoms with Crippen LogP contribution in [-0.4, -0.2) is 35.6 Å². The number of piperidine rings is 1. The summed E-state index contributed by atoms with van der Waals surface area (Å²) in [6.07, 6.45) is 3.43. The Kier molecular flexibility index (Phi) is 5.14. The number of likely N-dealkylation sites (tertiary alicyclic amines) is 1. The van der Waals surface area contributed by atoms with Gasteiger partial charge in [0.15, 0.2) is 0 Å². The van der Waals surface area contributed by atoms with E-state index in [0.29, 0.717) is 18.3 Å². The molecule has 1 aromatic rings. The topological polar surface area (TPSA) is 81.6 Å². The fraction of sp³-hybridized carbons (Fsp3) is 0.600. The highest BCUT2D eigenvalue weighted by atomic mass is 16.6. The van der Waals surface area contributed by atoms with Crippen LogP contribution in [0.15, 0.2) is 18.2 Å². The van der Waals surface area contributed by atoms with Crippen molar-refractivity contribution in [1.29, 1.82) is 0 Å². The number of ether oxygens (including phenoxy) is 1. The maximum Gasteiger partial charge on any atom is 0.273 e. The van der Waals surface area contributed by atoms with Crippen molar-refractivity contribution in [3.63, 3.8) is 0 Å². The van der Waals surface area contributed by atoms with Gasteiger partial charge in [-0.15, -0.1) is 0 Å². The molecule has 1 aromatic carbocycles. The van der Waals surface area contributed by atoms with Crippen molar-refractivity contribution in [1.82, 2.24) is 4.90 Å². The number of nitrogens with two attached hydrogens (primary N) is 1. The van der Waals surface area contributed by atoms with Gasteiger partial charge in [-0.1, -0.05) is 6.42 Å². The van der Waals surface area contributed by atoms with Gasteiger partial charge in [0.05, 0.1) is 18.1 Å². The molecule has 0 aromatic heterocycles. The summed E-state index contributed by atoms with van der Waals surface area (Å²) in [4.78, 5) is 12.9. The summed E-state index contributed by atoms with van der Waals surface area (Å²) in [5.74, 6) is 0.522. The van der Waals surface area contributed by atoms with Crippen molar-refractivity contribution < 1.29 is 9.66 Å². The smallest absolute Gasteiger partial charge is 0.273 e. The SMILES string of the molecule is COc1cc(CN2CCCCC2C(C)N)cc([N+](=O)[O-])c1. The van der Waals surface area contributed by atoms with Crippen molar-refractivity contribution in [2.75, 3.05) is 13.7 Å². The summed E-state index contributed by atoms with van der Waals surface area (Å²) < 4.78 is 5.16. The standard InChI is InChI=1S/C15H23N3O3/c1-11(16)15-5-3-4-6-17(15)10-12-7-13(18(19)20)9-14(8-12)21-2/h7-9,11,15H,3-6,10,16H2,1-2H3. The fourth-order valence-corrected chi connectivity index (χ4v) is 3.00. The Hall–Kier alpha value is -1.66. The van der Waals surface area contributed by atoms with E-state index < -0.39 is 0 Å². The first-order valence-electron chi connectivity index (χ1n) is 7.33. The molecule has 0 saturated carbocycles. The average Bonchev–Trinajstić information content (AvgIpc) is 2.47. The molecule has 1 aliphatic rings. The Morgan fingerprint density at radius 3 is 2.86 bits per heavy atom. The number of hydrogen-bond donors (Lipinski definition) is 1. The molecule has 6 heteroatoms. The van der Waals surface area contributed by atoms with Gasteiger partial charge in [0.2, 0.25) is 0 Å². The third-order valence-electron chi connectivity index (χ3n) is 4.05. The molecule has 0 spiro atoms. The van der Waals surface area contributed by atoms with Crippen LogP contribution in [0.3, 0.4) is 0 Å². The minimum Gasteiger partial charge on any atom is -0.496 e. The van der Waals surface area contributed by atoms with Crippen LogP contribution < -0.4 is 10.5 Å². The van der Waals surface area contributed by atoms with Crippen LogP contribution in [0.25, 0.3) is 0 Å². The molecule has 2 unspecified atom stereocenters. The first-order chi connectivity index (χ1) is 10.0. The number of benzene rings is 1. The lowest BCUT2D eigenvalue weighted by molar-refractivity contribution is -0.385. The quantitative estimate of drug-likeness (QED) is 0.665. The predicted octanol–water partition coefficient (Wildman–Crippen LogP) is 2.31. The van der Waals surface area contributed by atoms with Gasteiger partial charge < -0.3 is 10.5 Å².